The lowest BCUT2D eigenvalue weighted by molar-refractivity contribution is -0.137. The lowest BCUT2D eigenvalue weighted by Crippen LogP contribution is -2.25. The van der Waals surface area contributed by atoms with E-state index in [4.69, 9.17) is 0 Å². The molecule has 0 saturated carbocycles. The normalized spacial score (nSPS) is 13.2. The zero-order valence-corrected chi connectivity index (χ0v) is 20.4. The average Bonchev–Trinajstić information content (AvgIpc) is 3.16. The van der Waals surface area contributed by atoms with Gasteiger partial charge in [0.1, 0.15) is 11.4 Å². The Kier molecular flexibility index (Phi) is 6.52. The van der Waals surface area contributed by atoms with Crippen LogP contribution in [-0.4, -0.2) is 37.6 Å². The highest BCUT2D eigenvalue weighted by atomic mass is 32.2. The van der Waals surface area contributed by atoms with E-state index >= 15 is 0 Å². The summed E-state index contributed by atoms with van der Waals surface area (Å²) in [5.41, 5.74) is 2.62. The van der Waals surface area contributed by atoms with Crippen molar-refractivity contribution in [3.05, 3.63) is 64.8 Å². The molecule has 0 spiro atoms. The Bertz CT molecular complexity index is 1440. The Morgan fingerprint density at radius 3 is 2.61 bits per heavy atom. The molecular formula is C23H23F3N6O3S. The number of fused-ring (bicyclic) bond motifs is 1. The number of rotatable bonds is 7. The Labute approximate surface area is 205 Å². The smallest absolute Gasteiger partial charge is 0.365 e. The van der Waals surface area contributed by atoms with Crippen LogP contribution in [0.15, 0.2) is 42.6 Å². The van der Waals surface area contributed by atoms with Crippen molar-refractivity contribution >= 4 is 44.8 Å². The molecule has 1 aliphatic rings. The third-order valence-corrected chi connectivity index (χ3v) is 6.93. The number of amides is 1. The number of nitrogens with zero attached hydrogens (tertiary/aromatic N) is 3. The quantitative estimate of drug-likeness (QED) is 0.430. The maximum atomic E-state index is 13.6. The lowest BCUT2D eigenvalue weighted by Gasteiger charge is -2.19. The summed E-state index contributed by atoms with van der Waals surface area (Å²) >= 11 is 0. The molecule has 2 heterocycles. The molecule has 0 radical (unpaired) electrons. The van der Waals surface area contributed by atoms with Crippen LogP contribution in [0.3, 0.4) is 0 Å². The maximum absolute atomic E-state index is 13.6. The predicted molar refractivity (Wildman–Crippen MR) is 131 cm³/mol. The number of sulfonamides is 1. The number of anilines is 5. The Hall–Kier alpha value is -3.87. The van der Waals surface area contributed by atoms with Crippen LogP contribution in [0.2, 0.25) is 0 Å². The second-order valence-corrected chi connectivity index (χ2v) is 10.4. The molecule has 9 nitrogen and oxygen atoms in total. The second-order valence-electron chi connectivity index (χ2n) is 8.37. The molecule has 0 bridgehead atoms. The molecule has 0 aliphatic carbocycles. The monoisotopic (exact) mass is 520 g/mol. The molecule has 3 N–H and O–H groups in total. The average molecular weight is 521 g/mol. The number of benzene rings is 2. The molecule has 0 saturated heterocycles. The van der Waals surface area contributed by atoms with E-state index in [2.05, 4.69) is 25.9 Å². The third kappa shape index (κ3) is 5.51. The van der Waals surface area contributed by atoms with Crippen molar-refractivity contribution in [2.24, 2.45) is 0 Å². The molecule has 1 aliphatic heterocycles. The molecule has 190 valence electrons. The predicted octanol–water partition coefficient (Wildman–Crippen LogP) is 4.05. The first-order chi connectivity index (χ1) is 16.8. The summed E-state index contributed by atoms with van der Waals surface area (Å²) in [5.74, 6) is -0.644. The van der Waals surface area contributed by atoms with Gasteiger partial charge in [0.15, 0.2) is 0 Å². The number of aromatic nitrogens is 2. The number of halogens is 3. The van der Waals surface area contributed by atoms with Crippen LogP contribution in [0.4, 0.5) is 42.0 Å². The van der Waals surface area contributed by atoms with Gasteiger partial charge in [-0.25, -0.2) is 13.4 Å². The van der Waals surface area contributed by atoms with Gasteiger partial charge in [0.25, 0.3) is 0 Å². The van der Waals surface area contributed by atoms with Gasteiger partial charge in [0.05, 0.1) is 18.4 Å². The van der Waals surface area contributed by atoms with E-state index in [-0.39, 0.29) is 24.8 Å². The minimum Gasteiger partial charge on any atom is -0.365 e. The fourth-order valence-corrected chi connectivity index (χ4v) is 4.12. The zero-order valence-electron chi connectivity index (χ0n) is 19.6. The van der Waals surface area contributed by atoms with Crippen LogP contribution in [0.25, 0.3) is 0 Å². The summed E-state index contributed by atoms with van der Waals surface area (Å²) in [6, 6.07) is 9.98. The van der Waals surface area contributed by atoms with Crippen LogP contribution in [-0.2, 0) is 34.0 Å². The molecule has 2 aromatic carbocycles. The summed E-state index contributed by atoms with van der Waals surface area (Å²) in [7, 11) is -2.11. The molecule has 1 aromatic heterocycles. The summed E-state index contributed by atoms with van der Waals surface area (Å²) in [4.78, 5) is 19.4. The molecule has 1 amide bonds. The molecule has 36 heavy (non-hydrogen) atoms. The van der Waals surface area contributed by atoms with E-state index in [0.717, 1.165) is 21.7 Å². The number of nitrogens with one attached hydrogen (secondary N) is 3. The maximum Gasteiger partial charge on any atom is 0.421 e. The highest BCUT2D eigenvalue weighted by Gasteiger charge is 2.35. The van der Waals surface area contributed by atoms with Crippen molar-refractivity contribution in [1.82, 2.24) is 9.97 Å². The Morgan fingerprint density at radius 1 is 1.17 bits per heavy atom. The van der Waals surface area contributed by atoms with Crippen molar-refractivity contribution in [2.45, 2.75) is 26.1 Å². The molecule has 0 fully saturated rings. The number of hydrogen-bond donors (Lipinski definition) is 3. The van der Waals surface area contributed by atoms with Gasteiger partial charge in [0, 0.05) is 31.2 Å². The van der Waals surface area contributed by atoms with Crippen molar-refractivity contribution in [3.8, 4) is 0 Å². The van der Waals surface area contributed by atoms with Crippen molar-refractivity contribution in [1.29, 1.82) is 0 Å². The standard InChI is InChI=1S/C23H23F3N6O3S/c1-13-4-7-17(32(2)36(3,34)35)8-15(13)11-27-21-18(23(24,25)26)12-28-22(31-21)29-16-6-5-14-9-20(33)30-19(14)10-16/h4-8,10,12H,9,11H2,1-3H3,(H,30,33)(H2,27,28,29,31). The van der Waals surface area contributed by atoms with Gasteiger partial charge in [-0.1, -0.05) is 12.1 Å². The van der Waals surface area contributed by atoms with Gasteiger partial charge in [-0.05, 0) is 47.9 Å². The Morgan fingerprint density at radius 2 is 1.92 bits per heavy atom. The molecule has 3 aromatic rings. The van der Waals surface area contributed by atoms with Crippen molar-refractivity contribution in [2.75, 3.05) is 33.6 Å². The molecule has 4 rings (SSSR count). The largest absolute Gasteiger partial charge is 0.421 e. The van der Waals surface area contributed by atoms with Crippen LogP contribution >= 0.6 is 0 Å². The van der Waals surface area contributed by atoms with Crippen LogP contribution < -0.4 is 20.3 Å². The molecule has 0 atom stereocenters. The van der Waals surface area contributed by atoms with E-state index in [1.54, 1.807) is 43.3 Å². The van der Waals surface area contributed by atoms with Gasteiger partial charge < -0.3 is 16.0 Å². The third-order valence-electron chi connectivity index (χ3n) is 5.73. The lowest BCUT2D eigenvalue weighted by atomic mass is 10.1. The van der Waals surface area contributed by atoms with Crippen molar-refractivity contribution in [3.63, 3.8) is 0 Å². The fourth-order valence-electron chi connectivity index (χ4n) is 3.62. The minimum atomic E-state index is -4.70. The van der Waals surface area contributed by atoms with Gasteiger partial charge in [0.2, 0.25) is 21.9 Å². The highest BCUT2D eigenvalue weighted by Crippen LogP contribution is 2.35. The first-order valence-corrected chi connectivity index (χ1v) is 12.6. The number of aryl methyl sites for hydroxylation is 1. The number of carbonyl (C=O) groups excluding carboxylic acids is 1. The number of alkyl halides is 3. The van der Waals surface area contributed by atoms with Gasteiger partial charge in [-0.2, -0.15) is 18.2 Å². The molecular weight excluding hydrogens is 497 g/mol. The molecule has 13 heteroatoms. The number of carbonyl (C=O) groups is 1. The summed E-state index contributed by atoms with van der Waals surface area (Å²) in [6.07, 6.45) is -2.69. The van der Waals surface area contributed by atoms with Crippen LogP contribution in [0, 0.1) is 6.92 Å². The van der Waals surface area contributed by atoms with Crippen LogP contribution in [0.5, 0.6) is 0 Å². The number of hydrogen-bond acceptors (Lipinski definition) is 7. The van der Waals surface area contributed by atoms with E-state index in [1.807, 2.05) is 0 Å². The first-order valence-electron chi connectivity index (χ1n) is 10.7. The van der Waals surface area contributed by atoms with E-state index < -0.39 is 27.6 Å². The van der Waals surface area contributed by atoms with Gasteiger partial charge in [-0.3, -0.25) is 9.10 Å². The second kappa shape index (κ2) is 9.30. The van der Waals surface area contributed by atoms with Gasteiger partial charge in [-0.15, -0.1) is 0 Å². The zero-order chi connectivity index (χ0) is 26.3. The Balaban J connectivity index is 1.60. The summed E-state index contributed by atoms with van der Waals surface area (Å²) in [6.45, 7) is 1.73. The van der Waals surface area contributed by atoms with E-state index in [0.29, 0.717) is 28.8 Å². The topological polar surface area (TPSA) is 116 Å². The minimum absolute atomic E-state index is 0.0400. The van der Waals surface area contributed by atoms with E-state index in [1.165, 1.54) is 7.05 Å². The molecule has 0 unspecified atom stereocenters. The summed E-state index contributed by atoms with van der Waals surface area (Å²) < 4.78 is 65.8. The van der Waals surface area contributed by atoms with Gasteiger partial charge >= 0.3 is 6.18 Å². The SMILES string of the molecule is Cc1ccc(N(C)S(C)(=O)=O)cc1CNc1nc(Nc2ccc3c(c2)NC(=O)C3)ncc1C(F)(F)F. The highest BCUT2D eigenvalue weighted by molar-refractivity contribution is 7.92. The first kappa shape index (κ1) is 25.2. The van der Waals surface area contributed by atoms with Crippen LogP contribution in [0.1, 0.15) is 22.3 Å². The fraction of sp³-hybridized carbons (Fsp3) is 0.261. The van der Waals surface area contributed by atoms with Crippen molar-refractivity contribution < 1.29 is 26.4 Å². The van der Waals surface area contributed by atoms with E-state index in [9.17, 15) is 26.4 Å². The summed E-state index contributed by atoms with van der Waals surface area (Å²) in [5, 5.41) is 8.29.